The van der Waals surface area contributed by atoms with Crippen molar-refractivity contribution in [3.8, 4) is 0 Å². The summed E-state index contributed by atoms with van der Waals surface area (Å²) in [5.41, 5.74) is 11.6. The first kappa shape index (κ1) is 14.0. The van der Waals surface area contributed by atoms with Gasteiger partial charge in [-0.3, -0.25) is 9.59 Å². The lowest BCUT2D eigenvalue weighted by molar-refractivity contribution is -0.117. The average Bonchev–Trinajstić information content (AvgIpc) is 2.27. The van der Waals surface area contributed by atoms with Crippen LogP contribution in [0, 0.1) is 0 Å². The van der Waals surface area contributed by atoms with E-state index in [-0.39, 0.29) is 13.1 Å². The largest absolute Gasteiger partial charge is 0.389 e. The normalized spacial score (nSPS) is 11.9. The summed E-state index contributed by atoms with van der Waals surface area (Å²) < 4.78 is 0. The number of nitrogens with two attached hydrogens (primary N) is 2. The van der Waals surface area contributed by atoms with Gasteiger partial charge in [-0.05, 0) is 24.6 Å². The zero-order valence-corrected chi connectivity index (χ0v) is 10.2. The third kappa shape index (κ3) is 4.06. The second-order valence-corrected chi connectivity index (χ2v) is 4.06. The summed E-state index contributed by atoms with van der Waals surface area (Å²) in [5, 5.41) is 9.38. The Morgan fingerprint density at radius 2 is 1.61 bits per heavy atom. The van der Waals surface area contributed by atoms with Crippen LogP contribution in [0.2, 0.25) is 0 Å². The first-order valence-electron chi connectivity index (χ1n) is 5.49. The van der Waals surface area contributed by atoms with Gasteiger partial charge in [0.15, 0.2) is 0 Å². The number of anilines is 1. The highest BCUT2D eigenvalue weighted by Crippen LogP contribution is 2.18. The number of primary amides is 2. The minimum atomic E-state index is -0.570. The van der Waals surface area contributed by atoms with Gasteiger partial charge in [0.1, 0.15) is 0 Å². The molecule has 0 aliphatic carbocycles. The lowest BCUT2D eigenvalue weighted by Crippen LogP contribution is -2.39. The van der Waals surface area contributed by atoms with Gasteiger partial charge in [-0.1, -0.05) is 12.1 Å². The molecule has 98 valence electrons. The Bertz CT molecular complexity index is 413. The van der Waals surface area contributed by atoms with E-state index < -0.39 is 17.9 Å². The number of carbonyl (C=O) groups is 2. The smallest absolute Gasteiger partial charge is 0.236 e. The molecule has 5 N–H and O–H groups in total. The highest BCUT2D eigenvalue weighted by molar-refractivity contribution is 5.84. The molecule has 0 radical (unpaired) electrons. The van der Waals surface area contributed by atoms with Gasteiger partial charge in [0.25, 0.3) is 0 Å². The van der Waals surface area contributed by atoms with Crippen molar-refractivity contribution in [2.45, 2.75) is 13.0 Å². The Hall–Kier alpha value is -2.08. The monoisotopic (exact) mass is 251 g/mol. The van der Waals surface area contributed by atoms with Crippen LogP contribution in [-0.4, -0.2) is 30.0 Å². The van der Waals surface area contributed by atoms with Gasteiger partial charge in [0.2, 0.25) is 11.8 Å². The quantitative estimate of drug-likeness (QED) is 0.634. The van der Waals surface area contributed by atoms with Gasteiger partial charge in [0, 0.05) is 5.69 Å². The highest BCUT2D eigenvalue weighted by Gasteiger charge is 2.12. The second-order valence-electron chi connectivity index (χ2n) is 4.06. The maximum absolute atomic E-state index is 10.9. The van der Waals surface area contributed by atoms with Crippen molar-refractivity contribution in [1.29, 1.82) is 0 Å². The summed E-state index contributed by atoms with van der Waals surface area (Å²) in [6, 6.07) is 6.84. The first-order chi connectivity index (χ1) is 8.40. The van der Waals surface area contributed by atoms with Gasteiger partial charge in [-0.2, -0.15) is 0 Å². The SMILES string of the molecule is C[C@@H](O)c1ccc(N(CC(N)=O)CC(N)=O)cc1. The van der Waals surface area contributed by atoms with E-state index in [1.54, 1.807) is 31.2 Å². The third-order valence-electron chi connectivity index (χ3n) is 2.43. The fourth-order valence-corrected chi connectivity index (χ4v) is 1.58. The van der Waals surface area contributed by atoms with Crippen LogP contribution in [0.5, 0.6) is 0 Å². The van der Waals surface area contributed by atoms with Gasteiger partial charge in [-0.25, -0.2) is 0 Å². The molecule has 0 heterocycles. The van der Waals surface area contributed by atoms with E-state index in [1.165, 1.54) is 4.90 Å². The van der Waals surface area contributed by atoms with E-state index in [0.717, 1.165) is 5.56 Å². The van der Waals surface area contributed by atoms with Crippen LogP contribution in [-0.2, 0) is 9.59 Å². The van der Waals surface area contributed by atoms with Gasteiger partial charge < -0.3 is 21.5 Å². The molecule has 0 fully saturated rings. The van der Waals surface area contributed by atoms with Crippen LogP contribution in [0.3, 0.4) is 0 Å². The van der Waals surface area contributed by atoms with Crippen LogP contribution in [0.15, 0.2) is 24.3 Å². The summed E-state index contributed by atoms with van der Waals surface area (Å²) >= 11 is 0. The Labute approximate surface area is 105 Å². The highest BCUT2D eigenvalue weighted by atomic mass is 16.3. The molecule has 1 atom stereocenters. The second kappa shape index (κ2) is 6.02. The van der Waals surface area contributed by atoms with Gasteiger partial charge in [-0.15, -0.1) is 0 Å². The summed E-state index contributed by atoms with van der Waals surface area (Å²) in [6.45, 7) is 1.48. The minimum Gasteiger partial charge on any atom is -0.389 e. The van der Waals surface area contributed by atoms with Gasteiger partial charge in [0.05, 0.1) is 19.2 Å². The lowest BCUT2D eigenvalue weighted by atomic mass is 10.1. The zero-order chi connectivity index (χ0) is 13.7. The molecule has 18 heavy (non-hydrogen) atoms. The molecular weight excluding hydrogens is 234 g/mol. The van der Waals surface area contributed by atoms with Crippen LogP contribution < -0.4 is 16.4 Å². The standard InChI is InChI=1S/C12H17N3O3/c1-8(16)9-2-4-10(5-3-9)15(6-11(13)17)7-12(14)18/h2-5,8,16H,6-7H2,1H3,(H2,13,17)(H2,14,18)/t8-/m1/s1. The summed E-state index contributed by atoms with van der Waals surface area (Å²) in [4.78, 5) is 23.3. The Morgan fingerprint density at radius 3 is 1.94 bits per heavy atom. The molecule has 0 spiro atoms. The molecule has 0 saturated carbocycles. The zero-order valence-electron chi connectivity index (χ0n) is 10.2. The number of hydrogen-bond donors (Lipinski definition) is 3. The average molecular weight is 251 g/mol. The van der Waals surface area contributed by atoms with E-state index in [2.05, 4.69) is 0 Å². The predicted molar refractivity (Wildman–Crippen MR) is 67.7 cm³/mol. The fraction of sp³-hybridized carbons (Fsp3) is 0.333. The molecule has 0 aliphatic heterocycles. The van der Waals surface area contributed by atoms with Crippen LogP contribution in [0.1, 0.15) is 18.6 Å². The summed E-state index contributed by atoms with van der Waals surface area (Å²) in [5.74, 6) is -1.09. The van der Waals surface area contributed by atoms with Crippen LogP contribution in [0.25, 0.3) is 0 Å². The Kier molecular flexibility index (Phi) is 4.67. The maximum Gasteiger partial charge on any atom is 0.236 e. The van der Waals surface area contributed by atoms with Crippen LogP contribution in [0.4, 0.5) is 5.69 Å². The molecule has 0 unspecified atom stereocenters. The van der Waals surface area contributed by atoms with Crippen molar-refractivity contribution in [2.75, 3.05) is 18.0 Å². The molecule has 1 aromatic carbocycles. The van der Waals surface area contributed by atoms with E-state index in [0.29, 0.717) is 5.69 Å². The van der Waals surface area contributed by atoms with E-state index in [4.69, 9.17) is 11.5 Å². The maximum atomic E-state index is 10.9. The molecule has 6 heteroatoms. The van der Waals surface area contributed by atoms with Crippen LogP contribution >= 0.6 is 0 Å². The number of benzene rings is 1. The number of hydrogen-bond acceptors (Lipinski definition) is 4. The fourth-order valence-electron chi connectivity index (χ4n) is 1.58. The minimum absolute atomic E-state index is 0.0863. The number of aliphatic hydroxyl groups excluding tert-OH is 1. The Morgan fingerprint density at radius 1 is 1.17 bits per heavy atom. The number of rotatable bonds is 6. The van der Waals surface area contributed by atoms with Crippen molar-refractivity contribution >= 4 is 17.5 Å². The molecule has 1 aromatic rings. The molecule has 0 saturated heterocycles. The molecule has 1 rings (SSSR count). The molecule has 0 aliphatic rings. The Balaban J connectivity index is 2.90. The molecule has 0 aromatic heterocycles. The van der Waals surface area contributed by atoms with Crippen molar-refractivity contribution in [3.63, 3.8) is 0 Å². The van der Waals surface area contributed by atoms with Crippen molar-refractivity contribution < 1.29 is 14.7 Å². The molecule has 2 amide bonds. The van der Waals surface area contributed by atoms with E-state index in [9.17, 15) is 14.7 Å². The van der Waals surface area contributed by atoms with Crippen molar-refractivity contribution in [2.24, 2.45) is 11.5 Å². The first-order valence-corrected chi connectivity index (χ1v) is 5.49. The molecule has 6 nitrogen and oxygen atoms in total. The predicted octanol–water partition coefficient (Wildman–Crippen LogP) is -0.483. The van der Waals surface area contributed by atoms with Gasteiger partial charge >= 0.3 is 0 Å². The van der Waals surface area contributed by atoms with Crippen molar-refractivity contribution in [3.05, 3.63) is 29.8 Å². The number of aliphatic hydroxyl groups is 1. The number of carbonyl (C=O) groups excluding carboxylic acids is 2. The van der Waals surface area contributed by atoms with E-state index >= 15 is 0 Å². The summed E-state index contributed by atoms with van der Waals surface area (Å²) in [6.07, 6.45) is -0.570. The van der Waals surface area contributed by atoms with Crippen molar-refractivity contribution in [1.82, 2.24) is 0 Å². The van der Waals surface area contributed by atoms with E-state index in [1.807, 2.05) is 0 Å². The summed E-state index contributed by atoms with van der Waals surface area (Å²) in [7, 11) is 0. The number of amides is 2. The molecule has 0 bridgehead atoms. The molecular formula is C12H17N3O3. The third-order valence-corrected chi connectivity index (χ3v) is 2.43. The topological polar surface area (TPSA) is 110 Å². The lowest BCUT2D eigenvalue weighted by Gasteiger charge is -2.22. The number of nitrogens with zero attached hydrogens (tertiary/aromatic N) is 1.